The molecule has 0 aliphatic heterocycles. The predicted molar refractivity (Wildman–Crippen MR) is 66.0 cm³/mol. The third-order valence-corrected chi connectivity index (χ3v) is 2.42. The van der Waals surface area contributed by atoms with E-state index in [-0.39, 0.29) is 0 Å². The standard InChI is InChI=1S/2C6H5N3/c1-2-9-5-8-4-6(9)3-7-1;1-2-4-9-5-7-8-6(9)3-1/h2*1-5H. The van der Waals surface area contributed by atoms with Gasteiger partial charge in [-0.05, 0) is 12.1 Å². The first-order valence-corrected chi connectivity index (χ1v) is 5.39. The van der Waals surface area contributed by atoms with Gasteiger partial charge in [-0.1, -0.05) is 6.07 Å². The monoisotopic (exact) mass is 238 g/mol. The second-order valence-electron chi connectivity index (χ2n) is 3.60. The lowest BCUT2D eigenvalue weighted by Gasteiger charge is -1.86. The van der Waals surface area contributed by atoms with Gasteiger partial charge in [0.25, 0.3) is 0 Å². The molecule has 4 aromatic rings. The highest BCUT2D eigenvalue weighted by molar-refractivity contribution is 5.40. The van der Waals surface area contributed by atoms with E-state index < -0.39 is 0 Å². The number of nitrogens with zero attached hydrogens (tertiary/aromatic N) is 6. The first kappa shape index (κ1) is 10.4. The van der Waals surface area contributed by atoms with Crippen molar-refractivity contribution in [2.45, 2.75) is 0 Å². The summed E-state index contributed by atoms with van der Waals surface area (Å²) in [5.74, 6) is 0. The van der Waals surface area contributed by atoms with Gasteiger partial charge in [0.1, 0.15) is 6.33 Å². The van der Waals surface area contributed by atoms with Gasteiger partial charge in [-0.2, -0.15) is 0 Å². The van der Waals surface area contributed by atoms with Crippen LogP contribution in [0.25, 0.3) is 11.2 Å². The lowest BCUT2D eigenvalue weighted by atomic mass is 10.5. The predicted octanol–water partition coefficient (Wildman–Crippen LogP) is 1.46. The average molecular weight is 238 g/mol. The second-order valence-corrected chi connectivity index (χ2v) is 3.60. The first-order chi connectivity index (χ1) is 8.93. The molecular weight excluding hydrogens is 228 g/mol. The van der Waals surface area contributed by atoms with E-state index in [4.69, 9.17) is 0 Å². The van der Waals surface area contributed by atoms with Crippen LogP contribution in [0.5, 0.6) is 0 Å². The van der Waals surface area contributed by atoms with Crippen molar-refractivity contribution in [1.29, 1.82) is 0 Å². The fourth-order valence-electron chi connectivity index (χ4n) is 1.54. The molecule has 4 rings (SSSR count). The van der Waals surface area contributed by atoms with Crippen LogP contribution in [0.3, 0.4) is 0 Å². The van der Waals surface area contributed by atoms with E-state index in [2.05, 4.69) is 20.2 Å². The molecule has 4 heterocycles. The van der Waals surface area contributed by atoms with Crippen molar-refractivity contribution in [2.24, 2.45) is 0 Å². The summed E-state index contributed by atoms with van der Waals surface area (Å²) in [6.07, 6.45) is 12.5. The lowest BCUT2D eigenvalue weighted by Crippen LogP contribution is -1.79. The van der Waals surface area contributed by atoms with Crippen molar-refractivity contribution in [1.82, 2.24) is 29.0 Å². The summed E-state index contributed by atoms with van der Waals surface area (Å²) in [5, 5.41) is 7.55. The Balaban J connectivity index is 0.000000111. The van der Waals surface area contributed by atoms with Gasteiger partial charge in [0.15, 0.2) is 5.65 Å². The van der Waals surface area contributed by atoms with E-state index in [9.17, 15) is 0 Å². The van der Waals surface area contributed by atoms with Gasteiger partial charge in [-0.3, -0.25) is 9.38 Å². The molecule has 18 heavy (non-hydrogen) atoms. The molecule has 88 valence electrons. The molecule has 0 radical (unpaired) electrons. The Kier molecular flexibility index (Phi) is 2.67. The van der Waals surface area contributed by atoms with Crippen LogP contribution >= 0.6 is 0 Å². The second kappa shape index (κ2) is 4.62. The van der Waals surface area contributed by atoms with E-state index in [0.29, 0.717) is 0 Å². The zero-order valence-corrected chi connectivity index (χ0v) is 9.46. The van der Waals surface area contributed by atoms with Gasteiger partial charge in [0, 0.05) is 18.6 Å². The minimum Gasteiger partial charge on any atom is -0.303 e. The molecule has 0 bridgehead atoms. The average Bonchev–Trinajstić information content (AvgIpc) is 3.08. The number of hydrogen-bond acceptors (Lipinski definition) is 4. The summed E-state index contributed by atoms with van der Waals surface area (Å²) >= 11 is 0. The Labute approximate surface area is 103 Å². The van der Waals surface area contributed by atoms with Crippen molar-refractivity contribution in [3.05, 3.63) is 61.8 Å². The Morgan fingerprint density at radius 1 is 0.889 bits per heavy atom. The van der Waals surface area contributed by atoms with Crippen molar-refractivity contribution in [2.75, 3.05) is 0 Å². The molecule has 6 heteroatoms. The molecule has 0 amide bonds. The minimum atomic E-state index is 0.887. The zero-order valence-electron chi connectivity index (χ0n) is 9.46. The van der Waals surface area contributed by atoms with Crippen LogP contribution in [-0.4, -0.2) is 29.0 Å². The van der Waals surface area contributed by atoms with Crippen LogP contribution in [0, 0.1) is 0 Å². The largest absolute Gasteiger partial charge is 0.303 e. The van der Waals surface area contributed by atoms with Crippen LogP contribution in [0.1, 0.15) is 0 Å². The summed E-state index contributed by atoms with van der Waals surface area (Å²) in [5.41, 5.74) is 1.91. The highest BCUT2D eigenvalue weighted by Crippen LogP contribution is 1.95. The van der Waals surface area contributed by atoms with E-state index in [1.54, 1.807) is 31.2 Å². The van der Waals surface area contributed by atoms with E-state index >= 15 is 0 Å². The molecule has 0 N–H and O–H groups in total. The summed E-state index contributed by atoms with van der Waals surface area (Å²) in [7, 11) is 0. The highest BCUT2D eigenvalue weighted by atomic mass is 15.2. The van der Waals surface area contributed by atoms with E-state index in [1.807, 2.05) is 39.4 Å². The summed E-state index contributed by atoms with van der Waals surface area (Å²) in [4.78, 5) is 7.85. The van der Waals surface area contributed by atoms with Crippen LogP contribution in [0.15, 0.2) is 61.8 Å². The molecule has 4 aromatic heterocycles. The maximum atomic E-state index is 3.92. The maximum absolute atomic E-state index is 3.92. The van der Waals surface area contributed by atoms with Crippen LogP contribution in [-0.2, 0) is 0 Å². The molecule has 0 saturated carbocycles. The number of aromatic nitrogens is 6. The topological polar surface area (TPSA) is 60.4 Å². The van der Waals surface area contributed by atoms with Crippen molar-refractivity contribution in [3.8, 4) is 0 Å². The molecule has 0 spiro atoms. The third kappa shape index (κ3) is 2.03. The highest BCUT2D eigenvalue weighted by Gasteiger charge is 1.87. The molecule has 0 fully saturated rings. The Hall–Kier alpha value is -2.76. The minimum absolute atomic E-state index is 0.887. The first-order valence-electron chi connectivity index (χ1n) is 5.39. The Morgan fingerprint density at radius 2 is 1.83 bits per heavy atom. The number of pyridine rings is 1. The zero-order chi connectivity index (χ0) is 12.2. The summed E-state index contributed by atoms with van der Waals surface area (Å²) < 4.78 is 3.77. The fourth-order valence-corrected chi connectivity index (χ4v) is 1.54. The number of rotatable bonds is 0. The van der Waals surface area contributed by atoms with E-state index in [0.717, 1.165) is 11.2 Å². The molecule has 0 atom stereocenters. The molecular formula is C12H10N6. The van der Waals surface area contributed by atoms with Gasteiger partial charge in [-0.25, -0.2) is 4.98 Å². The van der Waals surface area contributed by atoms with Crippen LogP contribution < -0.4 is 0 Å². The van der Waals surface area contributed by atoms with Gasteiger partial charge < -0.3 is 4.40 Å². The quantitative estimate of drug-likeness (QED) is 0.465. The molecule has 0 aliphatic rings. The summed E-state index contributed by atoms with van der Waals surface area (Å²) in [6, 6.07) is 5.79. The summed E-state index contributed by atoms with van der Waals surface area (Å²) in [6.45, 7) is 0. The third-order valence-electron chi connectivity index (χ3n) is 2.42. The molecule has 0 aromatic carbocycles. The van der Waals surface area contributed by atoms with E-state index in [1.165, 1.54) is 0 Å². The molecule has 6 nitrogen and oxygen atoms in total. The molecule has 0 unspecified atom stereocenters. The van der Waals surface area contributed by atoms with Crippen molar-refractivity contribution in [3.63, 3.8) is 0 Å². The smallest absolute Gasteiger partial charge is 0.160 e. The van der Waals surface area contributed by atoms with Gasteiger partial charge in [0.2, 0.25) is 0 Å². The van der Waals surface area contributed by atoms with Crippen molar-refractivity contribution >= 4 is 11.2 Å². The Morgan fingerprint density at radius 3 is 2.72 bits per heavy atom. The fraction of sp³-hybridized carbons (Fsp3) is 0. The maximum Gasteiger partial charge on any atom is 0.160 e. The van der Waals surface area contributed by atoms with Crippen LogP contribution in [0.4, 0.5) is 0 Å². The number of fused-ring (bicyclic) bond motifs is 2. The van der Waals surface area contributed by atoms with Crippen molar-refractivity contribution < 1.29 is 0 Å². The van der Waals surface area contributed by atoms with Gasteiger partial charge in [-0.15, -0.1) is 10.2 Å². The SMILES string of the molecule is c1ccn2cnnc2c1.c1cn2cncc2cn1. The van der Waals surface area contributed by atoms with Crippen LogP contribution in [0.2, 0.25) is 0 Å². The van der Waals surface area contributed by atoms with Gasteiger partial charge >= 0.3 is 0 Å². The lowest BCUT2D eigenvalue weighted by molar-refractivity contribution is 1.10. The molecule has 0 aliphatic carbocycles. The normalized spacial score (nSPS) is 10.2. The molecule has 0 saturated heterocycles. The Bertz CT molecular complexity index is 631. The number of hydrogen-bond donors (Lipinski definition) is 0. The number of imidazole rings is 1. The van der Waals surface area contributed by atoms with Gasteiger partial charge in [0.05, 0.1) is 24.2 Å².